The first-order chi connectivity index (χ1) is 9.65. The van der Waals surface area contributed by atoms with Gasteiger partial charge in [0, 0.05) is 36.7 Å². The van der Waals surface area contributed by atoms with Crippen LogP contribution in [-0.2, 0) is 13.5 Å². The summed E-state index contributed by atoms with van der Waals surface area (Å²) in [6.45, 7) is 0.617. The van der Waals surface area contributed by atoms with E-state index in [0.29, 0.717) is 30.5 Å². The maximum Gasteiger partial charge on any atom is 0.270 e. The molecule has 1 N–H and O–H groups in total. The highest BCUT2D eigenvalue weighted by Gasteiger charge is 2.33. The molecule has 8 heteroatoms. The van der Waals surface area contributed by atoms with E-state index in [9.17, 15) is 4.79 Å². The van der Waals surface area contributed by atoms with Gasteiger partial charge >= 0.3 is 0 Å². The lowest BCUT2D eigenvalue weighted by Gasteiger charge is -2.22. The molecule has 0 unspecified atom stereocenters. The Morgan fingerprint density at radius 1 is 1.60 bits per heavy atom. The highest BCUT2D eigenvalue weighted by Crippen LogP contribution is 2.29. The third-order valence-corrected chi connectivity index (χ3v) is 3.84. The maximum absolute atomic E-state index is 12.6. The van der Waals surface area contributed by atoms with Crippen molar-refractivity contribution in [2.45, 2.75) is 25.3 Å². The summed E-state index contributed by atoms with van der Waals surface area (Å²) in [4.78, 5) is 14.6. The topological polar surface area (TPSA) is 79.7 Å². The highest BCUT2D eigenvalue weighted by molar-refractivity contribution is 9.10. The van der Waals surface area contributed by atoms with Crippen molar-refractivity contribution in [1.29, 1.82) is 0 Å². The standard InChI is InChI=1S/C12H15BrN6O/c1-18-7-8(13)6-10(18)12(20)19(9-2-3-9)5-4-11-14-16-17-15-11/h6-7,9H,2-5H2,1H3,(H,14,15,16,17). The van der Waals surface area contributed by atoms with E-state index in [2.05, 4.69) is 36.6 Å². The molecule has 0 atom stereocenters. The summed E-state index contributed by atoms with van der Waals surface area (Å²) < 4.78 is 2.76. The number of hydrogen-bond donors (Lipinski definition) is 1. The first kappa shape index (κ1) is 13.3. The molecule has 1 aliphatic carbocycles. The number of aromatic nitrogens is 5. The highest BCUT2D eigenvalue weighted by atomic mass is 79.9. The molecule has 1 amide bonds. The Labute approximate surface area is 124 Å². The smallest absolute Gasteiger partial charge is 0.270 e. The number of tetrazole rings is 1. The molecule has 0 saturated heterocycles. The van der Waals surface area contributed by atoms with Gasteiger partial charge in [0.2, 0.25) is 0 Å². The predicted molar refractivity (Wildman–Crippen MR) is 75.1 cm³/mol. The van der Waals surface area contributed by atoms with Crippen LogP contribution in [0.2, 0.25) is 0 Å². The number of amides is 1. The molecule has 2 aromatic rings. The van der Waals surface area contributed by atoms with Crippen molar-refractivity contribution < 1.29 is 4.79 Å². The molecule has 0 radical (unpaired) electrons. The minimum Gasteiger partial charge on any atom is -0.345 e. The Balaban J connectivity index is 1.73. The number of halogens is 1. The van der Waals surface area contributed by atoms with Gasteiger partial charge in [-0.1, -0.05) is 5.21 Å². The zero-order chi connectivity index (χ0) is 14.1. The van der Waals surface area contributed by atoms with E-state index < -0.39 is 0 Å². The molecule has 20 heavy (non-hydrogen) atoms. The SMILES string of the molecule is Cn1cc(Br)cc1C(=O)N(CCc1nn[nH]n1)C1CC1. The molecular weight excluding hydrogens is 324 g/mol. The summed E-state index contributed by atoms with van der Waals surface area (Å²) in [5.74, 6) is 0.695. The van der Waals surface area contributed by atoms with E-state index in [0.717, 1.165) is 17.3 Å². The quantitative estimate of drug-likeness (QED) is 0.886. The van der Waals surface area contributed by atoms with Gasteiger partial charge in [0.15, 0.2) is 5.82 Å². The lowest BCUT2D eigenvalue weighted by Crippen LogP contribution is -2.36. The number of aryl methyl sites for hydroxylation is 1. The minimum absolute atomic E-state index is 0.0594. The van der Waals surface area contributed by atoms with Crippen molar-refractivity contribution in [3.63, 3.8) is 0 Å². The number of carbonyl (C=O) groups excluding carboxylic acids is 1. The van der Waals surface area contributed by atoms with Crippen molar-refractivity contribution in [1.82, 2.24) is 30.1 Å². The van der Waals surface area contributed by atoms with Crippen LogP contribution in [0.15, 0.2) is 16.7 Å². The number of hydrogen-bond acceptors (Lipinski definition) is 4. The Kier molecular flexibility index (Phi) is 3.56. The molecular formula is C12H15BrN6O. The number of aromatic amines is 1. The summed E-state index contributed by atoms with van der Waals surface area (Å²) >= 11 is 3.40. The molecule has 106 valence electrons. The van der Waals surface area contributed by atoms with Crippen molar-refractivity contribution in [3.8, 4) is 0 Å². The fourth-order valence-electron chi connectivity index (χ4n) is 2.23. The molecule has 0 aliphatic heterocycles. The Bertz CT molecular complexity index is 604. The molecule has 3 rings (SSSR count). The predicted octanol–water partition coefficient (Wildman–Crippen LogP) is 1.15. The number of carbonyl (C=O) groups is 1. The number of nitrogens with zero attached hydrogens (tertiary/aromatic N) is 5. The Hall–Kier alpha value is -1.70. The van der Waals surface area contributed by atoms with E-state index in [1.54, 1.807) is 0 Å². The van der Waals surface area contributed by atoms with Crippen LogP contribution in [0.25, 0.3) is 0 Å². The third-order valence-electron chi connectivity index (χ3n) is 3.40. The zero-order valence-corrected chi connectivity index (χ0v) is 12.7. The van der Waals surface area contributed by atoms with Crippen LogP contribution in [0.4, 0.5) is 0 Å². The van der Waals surface area contributed by atoms with E-state index in [-0.39, 0.29) is 5.91 Å². The van der Waals surface area contributed by atoms with Crippen LogP contribution in [0, 0.1) is 0 Å². The zero-order valence-electron chi connectivity index (χ0n) is 11.1. The van der Waals surface area contributed by atoms with Gasteiger partial charge in [0.1, 0.15) is 5.69 Å². The molecule has 0 aromatic carbocycles. The van der Waals surface area contributed by atoms with Gasteiger partial charge in [-0.2, -0.15) is 5.21 Å². The van der Waals surface area contributed by atoms with Crippen LogP contribution < -0.4 is 0 Å². The summed E-state index contributed by atoms with van der Waals surface area (Å²) in [5, 5.41) is 13.8. The summed E-state index contributed by atoms with van der Waals surface area (Å²) in [7, 11) is 1.88. The Morgan fingerprint density at radius 3 is 2.95 bits per heavy atom. The first-order valence-corrected chi connectivity index (χ1v) is 7.29. The number of rotatable bonds is 5. The van der Waals surface area contributed by atoms with Crippen molar-refractivity contribution in [2.75, 3.05) is 6.54 Å². The second-order valence-electron chi connectivity index (χ2n) is 4.96. The van der Waals surface area contributed by atoms with Gasteiger partial charge in [-0.3, -0.25) is 4.79 Å². The van der Waals surface area contributed by atoms with Gasteiger partial charge in [-0.05, 0) is 34.8 Å². The van der Waals surface area contributed by atoms with Crippen LogP contribution >= 0.6 is 15.9 Å². The number of H-pyrrole nitrogens is 1. The average molecular weight is 339 g/mol. The van der Waals surface area contributed by atoms with Gasteiger partial charge in [0.05, 0.1) is 0 Å². The molecule has 7 nitrogen and oxygen atoms in total. The van der Waals surface area contributed by atoms with Crippen molar-refractivity contribution in [2.24, 2.45) is 7.05 Å². The lowest BCUT2D eigenvalue weighted by atomic mass is 10.3. The molecule has 0 spiro atoms. The van der Waals surface area contributed by atoms with Crippen LogP contribution in [0.5, 0.6) is 0 Å². The van der Waals surface area contributed by atoms with Gasteiger partial charge in [-0.25, -0.2) is 0 Å². The second kappa shape index (κ2) is 5.35. The van der Waals surface area contributed by atoms with Crippen LogP contribution in [0.3, 0.4) is 0 Å². The number of nitrogens with one attached hydrogen (secondary N) is 1. The monoisotopic (exact) mass is 338 g/mol. The average Bonchev–Trinajstić information content (AvgIpc) is 2.99. The fraction of sp³-hybridized carbons (Fsp3) is 0.500. The maximum atomic E-state index is 12.6. The first-order valence-electron chi connectivity index (χ1n) is 6.50. The van der Waals surface area contributed by atoms with Gasteiger partial charge in [0.25, 0.3) is 5.91 Å². The van der Waals surface area contributed by atoms with Gasteiger partial charge < -0.3 is 9.47 Å². The minimum atomic E-state index is 0.0594. The van der Waals surface area contributed by atoms with Crippen LogP contribution in [-0.4, -0.2) is 48.6 Å². The third kappa shape index (κ3) is 2.74. The fourth-order valence-corrected chi connectivity index (χ4v) is 2.75. The van der Waals surface area contributed by atoms with E-state index in [1.165, 1.54) is 0 Å². The molecule has 1 fully saturated rings. The van der Waals surface area contributed by atoms with E-state index >= 15 is 0 Å². The Morgan fingerprint density at radius 2 is 2.40 bits per heavy atom. The summed E-state index contributed by atoms with van der Waals surface area (Å²) in [6, 6.07) is 2.20. The largest absolute Gasteiger partial charge is 0.345 e. The van der Waals surface area contributed by atoms with E-state index in [4.69, 9.17) is 0 Å². The molecule has 2 heterocycles. The van der Waals surface area contributed by atoms with Crippen molar-refractivity contribution in [3.05, 3.63) is 28.3 Å². The molecule has 2 aromatic heterocycles. The lowest BCUT2D eigenvalue weighted by molar-refractivity contribution is 0.0734. The normalized spacial score (nSPS) is 14.5. The van der Waals surface area contributed by atoms with E-state index in [1.807, 2.05) is 28.8 Å². The molecule has 0 bridgehead atoms. The molecule has 1 aliphatic rings. The summed E-state index contributed by atoms with van der Waals surface area (Å²) in [6.07, 6.45) is 4.65. The second-order valence-corrected chi connectivity index (χ2v) is 5.88. The molecule has 1 saturated carbocycles. The van der Waals surface area contributed by atoms with Crippen molar-refractivity contribution >= 4 is 21.8 Å². The van der Waals surface area contributed by atoms with Crippen LogP contribution in [0.1, 0.15) is 29.2 Å². The van der Waals surface area contributed by atoms with Gasteiger partial charge in [-0.15, -0.1) is 10.2 Å². The summed E-state index contributed by atoms with van der Waals surface area (Å²) in [5.41, 5.74) is 0.692.